The van der Waals surface area contributed by atoms with Crippen LogP contribution >= 0.6 is 0 Å². The van der Waals surface area contributed by atoms with Crippen LogP contribution in [0.25, 0.3) is 0 Å². The number of hydrogen-bond donors (Lipinski definition) is 3. The lowest BCUT2D eigenvalue weighted by molar-refractivity contribution is 0.579. The molecule has 1 aromatic heterocycles. The fourth-order valence-corrected chi connectivity index (χ4v) is 2.90. The number of nitrogens with one attached hydrogen (secondary N) is 3. The predicted octanol–water partition coefficient (Wildman–Crippen LogP) is 2.12. The highest BCUT2D eigenvalue weighted by molar-refractivity contribution is 7.92. The molecule has 0 aliphatic rings. The molecule has 0 spiro atoms. The van der Waals surface area contributed by atoms with E-state index in [-0.39, 0.29) is 10.5 Å². The van der Waals surface area contributed by atoms with Gasteiger partial charge in [0.25, 0.3) is 10.0 Å². The molecule has 0 saturated heterocycles. The summed E-state index contributed by atoms with van der Waals surface area (Å²) < 4.78 is 53.7. The van der Waals surface area contributed by atoms with Crippen molar-refractivity contribution in [2.24, 2.45) is 0 Å². The number of sulfonamides is 1. The van der Waals surface area contributed by atoms with Gasteiger partial charge in [-0.15, -0.1) is 0 Å². The molecule has 0 aliphatic carbocycles. The zero-order valence-corrected chi connectivity index (χ0v) is 12.3. The summed E-state index contributed by atoms with van der Waals surface area (Å²) in [7, 11) is -2.35. The molecule has 8 heteroatoms. The number of halogens is 2. The normalized spacial score (nSPS) is 11.6. The maximum atomic E-state index is 13.8. The number of rotatable bonds is 5. The zero-order chi connectivity index (χ0) is 15.6. The van der Waals surface area contributed by atoms with Crippen LogP contribution in [0.1, 0.15) is 11.3 Å². The predicted molar refractivity (Wildman–Crippen MR) is 75.5 cm³/mol. The van der Waals surface area contributed by atoms with Gasteiger partial charge in [0.15, 0.2) is 5.82 Å². The number of aromatic nitrogens is 1. The van der Waals surface area contributed by atoms with Gasteiger partial charge in [-0.1, -0.05) is 6.07 Å². The van der Waals surface area contributed by atoms with Gasteiger partial charge in [-0.3, -0.25) is 4.72 Å². The van der Waals surface area contributed by atoms with Crippen molar-refractivity contribution in [3.8, 4) is 0 Å². The Hall–Kier alpha value is -1.93. The molecule has 0 unspecified atom stereocenters. The van der Waals surface area contributed by atoms with E-state index in [0.29, 0.717) is 12.2 Å². The van der Waals surface area contributed by atoms with Gasteiger partial charge in [-0.05, 0) is 31.7 Å². The Morgan fingerprint density at radius 2 is 2.00 bits per heavy atom. The second-order valence-corrected chi connectivity index (χ2v) is 6.23. The van der Waals surface area contributed by atoms with Crippen molar-refractivity contribution in [1.82, 2.24) is 10.3 Å². The molecule has 1 aromatic carbocycles. The number of anilines is 1. The van der Waals surface area contributed by atoms with Crippen LogP contribution in [0.15, 0.2) is 29.3 Å². The quantitative estimate of drug-likeness (QED) is 0.791. The Balaban J connectivity index is 2.35. The summed E-state index contributed by atoms with van der Waals surface area (Å²) in [6, 6.07) is 3.65. The molecule has 0 aliphatic heterocycles. The topological polar surface area (TPSA) is 74.0 Å². The van der Waals surface area contributed by atoms with E-state index in [9.17, 15) is 17.2 Å². The van der Waals surface area contributed by atoms with Gasteiger partial charge in [-0.25, -0.2) is 17.2 Å². The van der Waals surface area contributed by atoms with Gasteiger partial charge in [0.05, 0.1) is 0 Å². The third-order valence-electron chi connectivity index (χ3n) is 2.91. The minimum absolute atomic E-state index is 0.0898. The van der Waals surface area contributed by atoms with Crippen LogP contribution in [0, 0.1) is 18.6 Å². The summed E-state index contributed by atoms with van der Waals surface area (Å²) in [5.41, 5.74) is 0.119. The van der Waals surface area contributed by atoms with Crippen molar-refractivity contribution >= 4 is 15.7 Å². The molecule has 0 radical (unpaired) electrons. The summed E-state index contributed by atoms with van der Waals surface area (Å²) in [6.07, 6.45) is 1.26. The molecule has 2 rings (SSSR count). The van der Waals surface area contributed by atoms with Gasteiger partial charge in [0.1, 0.15) is 16.4 Å². The van der Waals surface area contributed by atoms with Crippen LogP contribution in [-0.4, -0.2) is 20.4 Å². The zero-order valence-electron chi connectivity index (χ0n) is 11.5. The number of aromatic amines is 1. The van der Waals surface area contributed by atoms with E-state index in [1.54, 1.807) is 7.05 Å². The van der Waals surface area contributed by atoms with E-state index in [0.717, 1.165) is 6.07 Å². The Kier molecular flexibility index (Phi) is 4.29. The van der Waals surface area contributed by atoms with Gasteiger partial charge >= 0.3 is 0 Å². The van der Waals surface area contributed by atoms with E-state index in [2.05, 4.69) is 10.3 Å². The highest BCUT2D eigenvalue weighted by atomic mass is 32.2. The second kappa shape index (κ2) is 5.82. The summed E-state index contributed by atoms with van der Waals surface area (Å²) in [5, 5.41) is 2.86. The average molecular weight is 315 g/mol. The monoisotopic (exact) mass is 315 g/mol. The van der Waals surface area contributed by atoms with E-state index >= 15 is 0 Å². The van der Waals surface area contributed by atoms with E-state index < -0.39 is 27.3 Å². The van der Waals surface area contributed by atoms with Crippen molar-refractivity contribution in [3.05, 3.63) is 47.3 Å². The lowest BCUT2D eigenvalue weighted by atomic mass is 10.2. The molecule has 0 saturated carbocycles. The maximum Gasteiger partial charge on any atom is 0.263 e. The Morgan fingerprint density at radius 1 is 1.29 bits per heavy atom. The number of H-pyrrole nitrogens is 1. The summed E-state index contributed by atoms with van der Waals surface area (Å²) in [6.45, 7) is 1.87. The lowest BCUT2D eigenvalue weighted by Gasteiger charge is -2.10. The Labute approximate surface area is 121 Å². The standard InChI is InChI=1S/C13H15F2N3O2S/c1-8-3-4-11(14)13(12(8)15)18-21(19,20)10-5-9(6-16-2)17-7-10/h3-5,7,16-18H,6H2,1-2H3. The molecule has 0 fully saturated rings. The van der Waals surface area contributed by atoms with Crippen molar-refractivity contribution in [1.29, 1.82) is 0 Å². The molecule has 0 bridgehead atoms. The van der Waals surface area contributed by atoms with Crippen molar-refractivity contribution in [2.75, 3.05) is 11.8 Å². The highest BCUT2D eigenvalue weighted by Gasteiger charge is 2.21. The highest BCUT2D eigenvalue weighted by Crippen LogP contribution is 2.25. The molecule has 5 nitrogen and oxygen atoms in total. The van der Waals surface area contributed by atoms with Crippen molar-refractivity contribution in [2.45, 2.75) is 18.4 Å². The largest absolute Gasteiger partial charge is 0.363 e. The van der Waals surface area contributed by atoms with Crippen molar-refractivity contribution in [3.63, 3.8) is 0 Å². The average Bonchev–Trinajstić information content (AvgIpc) is 2.89. The molecule has 0 amide bonds. The van der Waals surface area contributed by atoms with Gasteiger partial charge < -0.3 is 10.3 Å². The minimum atomic E-state index is -4.06. The Bertz CT molecular complexity index is 757. The molecule has 0 atom stereocenters. The first-order valence-corrected chi connectivity index (χ1v) is 7.63. The molecular weight excluding hydrogens is 300 g/mol. The minimum Gasteiger partial charge on any atom is -0.363 e. The summed E-state index contributed by atoms with van der Waals surface area (Å²) >= 11 is 0. The number of hydrogen-bond acceptors (Lipinski definition) is 3. The third-order valence-corrected chi connectivity index (χ3v) is 4.24. The maximum absolute atomic E-state index is 13.8. The first kappa shape index (κ1) is 15.5. The first-order chi connectivity index (χ1) is 9.85. The van der Waals surface area contributed by atoms with Crippen LogP contribution in [0.2, 0.25) is 0 Å². The summed E-state index contributed by atoms with van der Waals surface area (Å²) in [4.78, 5) is 2.68. The van der Waals surface area contributed by atoms with Gasteiger partial charge in [0, 0.05) is 18.4 Å². The second-order valence-electron chi connectivity index (χ2n) is 4.55. The fraction of sp³-hybridized carbons (Fsp3) is 0.231. The van der Waals surface area contributed by atoms with Gasteiger partial charge in [-0.2, -0.15) is 0 Å². The molecule has 21 heavy (non-hydrogen) atoms. The smallest absolute Gasteiger partial charge is 0.263 e. The van der Waals surface area contributed by atoms with E-state index in [1.807, 2.05) is 4.72 Å². The van der Waals surface area contributed by atoms with Crippen molar-refractivity contribution < 1.29 is 17.2 Å². The third kappa shape index (κ3) is 3.22. The van der Waals surface area contributed by atoms with Crippen LogP contribution in [0.5, 0.6) is 0 Å². The lowest BCUT2D eigenvalue weighted by Crippen LogP contribution is -2.15. The molecule has 114 valence electrons. The molecule has 2 aromatic rings. The molecule has 1 heterocycles. The summed E-state index contributed by atoms with van der Waals surface area (Å²) in [5.74, 6) is -1.89. The van der Waals surface area contributed by atoms with Crippen LogP contribution < -0.4 is 10.0 Å². The molecule has 3 N–H and O–H groups in total. The Morgan fingerprint density at radius 3 is 2.67 bits per heavy atom. The SMILES string of the molecule is CNCc1cc(S(=O)(=O)Nc2c(F)ccc(C)c2F)c[nH]1. The van der Waals surface area contributed by atoms with Crippen LogP contribution in [-0.2, 0) is 16.6 Å². The number of benzene rings is 1. The fourth-order valence-electron chi connectivity index (χ4n) is 1.81. The van der Waals surface area contributed by atoms with Gasteiger partial charge in [0.2, 0.25) is 0 Å². The van der Waals surface area contributed by atoms with E-state index in [1.165, 1.54) is 25.3 Å². The van der Waals surface area contributed by atoms with E-state index in [4.69, 9.17) is 0 Å². The number of aryl methyl sites for hydroxylation is 1. The van der Waals surface area contributed by atoms with Crippen LogP contribution in [0.3, 0.4) is 0 Å². The first-order valence-electron chi connectivity index (χ1n) is 6.14. The molecular formula is C13H15F2N3O2S. The van der Waals surface area contributed by atoms with Crippen LogP contribution in [0.4, 0.5) is 14.5 Å².